The summed E-state index contributed by atoms with van der Waals surface area (Å²) in [5.74, 6) is 0.277. The number of rotatable bonds is 5. The van der Waals surface area contributed by atoms with E-state index in [9.17, 15) is 14.4 Å². The zero-order valence-corrected chi connectivity index (χ0v) is 21.4. The minimum Gasteiger partial charge on any atom is -0.496 e. The Bertz CT molecular complexity index is 1540. The monoisotopic (exact) mass is 512 g/mol. The topological polar surface area (TPSA) is 120 Å². The first-order valence-electron chi connectivity index (χ1n) is 12.1. The van der Waals surface area contributed by atoms with Crippen LogP contribution in [0.4, 0.5) is 10.5 Å². The number of ether oxygens (including phenoxy) is 1. The molecule has 1 aliphatic heterocycles. The van der Waals surface area contributed by atoms with E-state index in [2.05, 4.69) is 20.6 Å². The summed E-state index contributed by atoms with van der Waals surface area (Å²) in [6.07, 6.45) is 3.65. The van der Waals surface area contributed by atoms with Crippen LogP contribution in [0.1, 0.15) is 10.4 Å². The standard InChI is InChI=1S/C28H28N6O4/c1-33(2)27(36)21-12-17(8-9-23(21)32-28(37)34-11-10-29-25(35)16-34)18-13-20-22(15-31-26(20)30-14-18)19-6-4-5-7-24(19)38-3/h4-9,12-15H,10-11,16H2,1-3H3,(H,29,35)(H,30,31)(H,32,37). The van der Waals surface area contributed by atoms with Crippen LogP contribution in [0.25, 0.3) is 33.3 Å². The van der Waals surface area contributed by atoms with E-state index in [4.69, 9.17) is 4.74 Å². The number of H-pyrrole nitrogens is 1. The third-order valence-corrected chi connectivity index (χ3v) is 6.48. The average molecular weight is 513 g/mol. The molecule has 1 saturated heterocycles. The third-order valence-electron chi connectivity index (χ3n) is 6.48. The number of pyridine rings is 1. The van der Waals surface area contributed by atoms with Gasteiger partial charge in [-0.25, -0.2) is 9.78 Å². The average Bonchev–Trinajstić information content (AvgIpc) is 3.36. The Morgan fingerprint density at radius 3 is 2.66 bits per heavy atom. The first-order chi connectivity index (χ1) is 18.4. The summed E-state index contributed by atoms with van der Waals surface area (Å²) < 4.78 is 5.56. The molecule has 0 aliphatic carbocycles. The molecule has 0 bridgehead atoms. The molecule has 2 aromatic heterocycles. The van der Waals surface area contributed by atoms with Crippen molar-refractivity contribution in [3.63, 3.8) is 0 Å². The van der Waals surface area contributed by atoms with Crippen LogP contribution < -0.4 is 15.4 Å². The number of urea groups is 1. The Morgan fingerprint density at radius 2 is 1.89 bits per heavy atom. The Labute approximate surface area is 219 Å². The largest absolute Gasteiger partial charge is 0.496 e. The summed E-state index contributed by atoms with van der Waals surface area (Å²) in [6.45, 7) is 0.751. The number of anilines is 1. The molecule has 1 fully saturated rings. The summed E-state index contributed by atoms with van der Waals surface area (Å²) in [6, 6.07) is 14.7. The molecule has 10 nitrogen and oxygen atoms in total. The second-order valence-electron chi connectivity index (χ2n) is 9.18. The highest BCUT2D eigenvalue weighted by atomic mass is 16.5. The van der Waals surface area contributed by atoms with Crippen molar-refractivity contribution in [3.8, 4) is 28.0 Å². The van der Waals surface area contributed by atoms with Crippen molar-refractivity contribution in [1.29, 1.82) is 0 Å². The van der Waals surface area contributed by atoms with Gasteiger partial charge in [-0.3, -0.25) is 9.59 Å². The highest BCUT2D eigenvalue weighted by Crippen LogP contribution is 2.36. The van der Waals surface area contributed by atoms with Gasteiger partial charge in [-0.15, -0.1) is 0 Å². The molecule has 2 aromatic carbocycles. The maximum Gasteiger partial charge on any atom is 0.322 e. The summed E-state index contributed by atoms with van der Waals surface area (Å²) in [7, 11) is 4.95. The molecule has 3 heterocycles. The molecule has 4 aromatic rings. The smallest absolute Gasteiger partial charge is 0.322 e. The molecule has 0 unspecified atom stereocenters. The molecule has 0 radical (unpaired) electrons. The van der Waals surface area contributed by atoms with Crippen LogP contribution in [0.2, 0.25) is 0 Å². The number of amides is 4. The van der Waals surface area contributed by atoms with Crippen molar-refractivity contribution in [2.75, 3.05) is 46.2 Å². The molecule has 194 valence electrons. The van der Waals surface area contributed by atoms with Gasteiger partial charge in [0.25, 0.3) is 5.91 Å². The number of aromatic amines is 1. The van der Waals surface area contributed by atoms with Crippen molar-refractivity contribution < 1.29 is 19.1 Å². The lowest BCUT2D eigenvalue weighted by Gasteiger charge is -2.27. The normalized spacial score (nSPS) is 13.2. The number of hydrogen-bond acceptors (Lipinski definition) is 5. The van der Waals surface area contributed by atoms with Gasteiger partial charge in [-0.05, 0) is 29.8 Å². The van der Waals surface area contributed by atoms with Crippen LogP contribution in [0, 0.1) is 0 Å². The van der Waals surface area contributed by atoms with Crippen LogP contribution in [0.5, 0.6) is 5.75 Å². The van der Waals surface area contributed by atoms with Crippen LogP contribution in [0.3, 0.4) is 0 Å². The van der Waals surface area contributed by atoms with Crippen molar-refractivity contribution >= 4 is 34.6 Å². The Balaban J connectivity index is 1.52. The van der Waals surface area contributed by atoms with E-state index in [-0.39, 0.29) is 18.4 Å². The van der Waals surface area contributed by atoms with E-state index in [1.165, 1.54) is 9.80 Å². The SMILES string of the molecule is COc1ccccc1-c1c[nH]c2ncc(-c3ccc(NC(=O)N4CCNC(=O)C4)c(C(=O)N(C)C)c3)cc12. The first-order valence-corrected chi connectivity index (χ1v) is 12.1. The molecule has 4 amide bonds. The van der Waals surface area contributed by atoms with Crippen molar-refractivity contribution in [3.05, 3.63) is 66.5 Å². The number of para-hydroxylation sites is 1. The molecule has 5 rings (SSSR count). The van der Waals surface area contributed by atoms with Crippen LogP contribution >= 0.6 is 0 Å². The van der Waals surface area contributed by atoms with Gasteiger partial charge in [0.2, 0.25) is 5.91 Å². The lowest BCUT2D eigenvalue weighted by molar-refractivity contribution is -0.123. The van der Waals surface area contributed by atoms with Gasteiger partial charge in [-0.1, -0.05) is 24.3 Å². The van der Waals surface area contributed by atoms with Gasteiger partial charge >= 0.3 is 6.03 Å². The number of nitrogens with zero attached hydrogens (tertiary/aromatic N) is 3. The molecule has 3 N–H and O–H groups in total. The van der Waals surface area contributed by atoms with Gasteiger partial charge in [0.05, 0.1) is 18.4 Å². The fourth-order valence-electron chi connectivity index (χ4n) is 4.51. The lowest BCUT2D eigenvalue weighted by Crippen LogP contribution is -2.51. The molecule has 38 heavy (non-hydrogen) atoms. The summed E-state index contributed by atoms with van der Waals surface area (Å²) in [5.41, 5.74) is 4.90. The third kappa shape index (κ3) is 4.75. The first kappa shape index (κ1) is 24.8. The zero-order valence-electron chi connectivity index (χ0n) is 21.4. The molecule has 0 atom stereocenters. The van der Waals surface area contributed by atoms with Crippen LogP contribution in [0.15, 0.2) is 60.9 Å². The van der Waals surface area contributed by atoms with E-state index in [1.54, 1.807) is 39.5 Å². The zero-order chi connectivity index (χ0) is 26.8. The maximum atomic E-state index is 13.1. The molecular weight excluding hydrogens is 484 g/mol. The lowest BCUT2D eigenvalue weighted by atomic mass is 9.99. The number of benzene rings is 2. The van der Waals surface area contributed by atoms with E-state index in [0.717, 1.165) is 39.0 Å². The van der Waals surface area contributed by atoms with E-state index < -0.39 is 6.03 Å². The number of hydrogen-bond donors (Lipinski definition) is 3. The number of nitrogens with one attached hydrogen (secondary N) is 3. The number of fused-ring (bicyclic) bond motifs is 1. The summed E-state index contributed by atoms with van der Waals surface area (Å²) >= 11 is 0. The Kier molecular flexibility index (Phi) is 6.69. The van der Waals surface area contributed by atoms with Gasteiger partial charge in [0, 0.05) is 61.7 Å². The van der Waals surface area contributed by atoms with Crippen molar-refractivity contribution in [1.82, 2.24) is 25.1 Å². The van der Waals surface area contributed by atoms with E-state index in [0.29, 0.717) is 24.3 Å². The van der Waals surface area contributed by atoms with Crippen molar-refractivity contribution in [2.45, 2.75) is 0 Å². The molecule has 10 heteroatoms. The number of carbonyl (C=O) groups excluding carboxylic acids is 3. The Morgan fingerprint density at radius 1 is 1.08 bits per heavy atom. The fraction of sp³-hybridized carbons (Fsp3) is 0.214. The maximum absolute atomic E-state index is 13.1. The fourth-order valence-corrected chi connectivity index (χ4v) is 4.51. The Hall–Kier alpha value is -4.86. The van der Waals surface area contributed by atoms with Gasteiger partial charge in [0.1, 0.15) is 17.9 Å². The number of piperazine rings is 1. The van der Waals surface area contributed by atoms with Gasteiger partial charge < -0.3 is 30.2 Å². The van der Waals surface area contributed by atoms with E-state index >= 15 is 0 Å². The predicted molar refractivity (Wildman–Crippen MR) is 145 cm³/mol. The highest BCUT2D eigenvalue weighted by Gasteiger charge is 2.23. The van der Waals surface area contributed by atoms with Crippen molar-refractivity contribution in [2.24, 2.45) is 0 Å². The minimum atomic E-state index is -0.433. The number of methoxy groups -OCH3 is 1. The minimum absolute atomic E-state index is 0.0300. The summed E-state index contributed by atoms with van der Waals surface area (Å²) in [4.78, 5) is 48.3. The second-order valence-corrected chi connectivity index (χ2v) is 9.18. The molecular formula is C28H28N6O4. The molecule has 0 spiro atoms. The van der Waals surface area contributed by atoms with E-state index in [1.807, 2.05) is 42.6 Å². The van der Waals surface area contributed by atoms with Gasteiger partial charge in [0.15, 0.2) is 0 Å². The highest BCUT2D eigenvalue weighted by molar-refractivity contribution is 6.05. The van der Waals surface area contributed by atoms with Crippen LogP contribution in [-0.2, 0) is 4.79 Å². The molecule has 0 saturated carbocycles. The second kappa shape index (κ2) is 10.3. The number of aromatic nitrogens is 2. The molecule has 1 aliphatic rings. The van der Waals surface area contributed by atoms with Gasteiger partial charge in [-0.2, -0.15) is 0 Å². The summed E-state index contributed by atoms with van der Waals surface area (Å²) in [5, 5.41) is 6.42. The quantitative estimate of drug-likeness (QED) is 0.378. The predicted octanol–water partition coefficient (Wildman–Crippen LogP) is 3.57. The van der Waals surface area contributed by atoms with Crippen LogP contribution in [-0.4, -0.2) is 78.5 Å². The number of carbonyl (C=O) groups is 3.